The molecule has 0 aromatic heterocycles. The number of anilines is 2. The van der Waals surface area contributed by atoms with Crippen LogP contribution in [0.5, 0.6) is 5.75 Å². The van der Waals surface area contributed by atoms with Crippen molar-refractivity contribution in [3.05, 3.63) is 18.2 Å². The third-order valence-corrected chi connectivity index (χ3v) is 3.87. The van der Waals surface area contributed by atoms with Crippen LogP contribution in [-0.4, -0.2) is 36.4 Å². The van der Waals surface area contributed by atoms with Crippen LogP contribution in [0, 0.1) is 0 Å². The molecule has 2 unspecified atom stereocenters. The number of benzene rings is 1. The lowest BCUT2D eigenvalue weighted by atomic mass is 10.2. The Kier molecular flexibility index (Phi) is 5.44. The molecular formula is C12H20N2O2S. The van der Waals surface area contributed by atoms with Gasteiger partial charge in [0.1, 0.15) is 5.75 Å². The van der Waals surface area contributed by atoms with Gasteiger partial charge in [-0.25, -0.2) is 0 Å². The van der Waals surface area contributed by atoms with E-state index in [9.17, 15) is 5.11 Å². The third kappa shape index (κ3) is 3.44. The lowest BCUT2D eigenvalue weighted by molar-refractivity contribution is 0.288. The van der Waals surface area contributed by atoms with Crippen molar-refractivity contribution in [2.45, 2.75) is 18.2 Å². The molecule has 0 aliphatic carbocycles. The number of rotatable bonds is 6. The molecule has 0 saturated heterocycles. The number of hydrogen-bond acceptors (Lipinski definition) is 5. The number of aliphatic hydroxyl groups excluding tert-OH is 1. The van der Waals surface area contributed by atoms with Crippen LogP contribution < -0.4 is 15.8 Å². The zero-order valence-corrected chi connectivity index (χ0v) is 11.3. The van der Waals surface area contributed by atoms with Crippen molar-refractivity contribution in [3.8, 4) is 5.75 Å². The van der Waals surface area contributed by atoms with Crippen molar-refractivity contribution in [3.63, 3.8) is 0 Å². The van der Waals surface area contributed by atoms with Crippen LogP contribution in [0.25, 0.3) is 0 Å². The van der Waals surface area contributed by atoms with Gasteiger partial charge in [0.25, 0.3) is 0 Å². The molecule has 4 N–H and O–H groups in total. The number of methoxy groups -OCH3 is 1. The van der Waals surface area contributed by atoms with E-state index < -0.39 is 0 Å². The van der Waals surface area contributed by atoms with Crippen molar-refractivity contribution in [1.82, 2.24) is 0 Å². The summed E-state index contributed by atoms with van der Waals surface area (Å²) in [7, 11) is 1.59. The van der Waals surface area contributed by atoms with Gasteiger partial charge in [0, 0.05) is 11.3 Å². The van der Waals surface area contributed by atoms with Gasteiger partial charge in [0.15, 0.2) is 0 Å². The van der Waals surface area contributed by atoms with E-state index in [0.717, 1.165) is 5.69 Å². The van der Waals surface area contributed by atoms with E-state index in [4.69, 9.17) is 10.5 Å². The number of thioether (sulfide) groups is 1. The van der Waals surface area contributed by atoms with Gasteiger partial charge in [-0.15, -0.1) is 0 Å². The fraction of sp³-hybridized carbons (Fsp3) is 0.500. The van der Waals surface area contributed by atoms with E-state index >= 15 is 0 Å². The topological polar surface area (TPSA) is 67.5 Å². The number of para-hydroxylation sites is 1. The van der Waals surface area contributed by atoms with Gasteiger partial charge in [-0.05, 0) is 25.3 Å². The van der Waals surface area contributed by atoms with Crippen molar-refractivity contribution < 1.29 is 9.84 Å². The van der Waals surface area contributed by atoms with Crippen LogP contribution in [0.2, 0.25) is 0 Å². The van der Waals surface area contributed by atoms with E-state index in [1.54, 1.807) is 18.9 Å². The highest BCUT2D eigenvalue weighted by molar-refractivity contribution is 7.99. The van der Waals surface area contributed by atoms with E-state index in [0.29, 0.717) is 11.4 Å². The Hall–Kier alpha value is -1.07. The fourth-order valence-corrected chi connectivity index (χ4v) is 2.25. The highest BCUT2D eigenvalue weighted by Gasteiger charge is 2.16. The first kappa shape index (κ1) is 14.0. The molecule has 4 nitrogen and oxygen atoms in total. The Bertz CT molecular complexity index is 356. The molecule has 2 atom stereocenters. The molecule has 0 heterocycles. The number of aliphatic hydroxyl groups is 1. The van der Waals surface area contributed by atoms with Crippen molar-refractivity contribution >= 4 is 23.1 Å². The van der Waals surface area contributed by atoms with Gasteiger partial charge in [-0.1, -0.05) is 6.07 Å². The molecule has 0 aliphatic heterocycles. The molecule has 0 aliphatic rings. The van der Waals surface area contributed by atoms with Crippen LogP contribution in [0.1, 0.15) is 6.92 Å². The minimum Gasteiger partial charge on any atom is -0.495 e. The molecule has 5 heteroatoms. The van der Waals surface area contributed by atoms with E-state index in [1.807, 2.05) is 31.4 Å². The molecule has 1 aromatic carbocycles. The van der Waals surface area contributed by atoms with Crippen LogP contribution >= 0.6 is 11.8 Å². The summed E-state index contributed by atoms with van der Waals surface area (Å²) in [5.74, 6) is 0.659. The third-order valence-electron chi connectivity index (χ3n) is 2.71. The second kappa shape index (κ2) is 6.61. The zero-order chi connectivity index (χ0) is 12.8. The Morgan fingerprint density at radius 1 is 1.53 bits per heavy atom. The summed E-state index contributed by atoms with van der Waals surface area (Å²) in [4.78, 5) is 0. The van der Waals surface area contributed by atoms with Gasteiger partial charge < -0.3 is 20.9 Å². The van der Waals surface area contributed by atoms with E-state index in [-0.39, 0.29) is 17.9 Å². The van der Waals surface area contributed by atoms with Crippen molar-refractivity contribution in [1.29, 1.82) is 0 Å². The van der Waals surface area contributed by atoms with Gasteiger partial charge in [-0.2, -0.15) is 11.8 Å². The predicted octanol–water partition coefficient (Wildman–Crippen LogP) is 1.80. The Morgan fingerprint density at radius 2 is 2.24 bits per heavy atom. The molecular weight excluding hydrogens is 236 g/mol. The van der Waals surface area contributed by atoms with E-state index in [1.165, 1.54) is 0 Å². The second-order valence-corrected chi connectivity index (χ2v) is 4.89. The fourth-order valence-electron chi connectivity index (χ4n) is 1.62. The lowest BCUT2D eigenvalue weighted by Crippen LogP contribution is -2.31. The van der Waals surface area contributed by atoms with Crippen molar-refractivity contribution in [2.75, 3.05) is 31.0 Å². The van der Waals surface area contributed by atoms with E-state index in [2.05, 4.69) is 5.32 Å². The minimum absolute atomic E-state index is 0.129. The van der Waals surface area contributed by atoms with Gasteiger partial charge in [0.05, 0.1) is 25.1 Å². The summed E-state index contributed by atoms with van der Waals surface area (Å²) in [5, 5.41) is 12.7. The predicted molar refractivity (Wildman–Crippen MR) is 74.9 cm³/mol. The second-order valence-electron chi connectivity index (χ2n) is 3.81. The van der Waals surface area contributed by atoms with Crippen LogP contribution in [0.15, 0.2) is 18.2 Å². The summed E-state index contributed by atoms with van der Waals surface area (Å²) in [6, 6.07) is 5.74. The van der Waals surface area contributed by atoms with Crippen LogP contribution in [0.4, 0.5) is 11.4 Å². The SMILES string of the molecule is COc1cccc(NC(C)C(CO)SC)c1N. The average Bonchev–Trinajstić information content (AvgIpc) is 2.33. The first-order valence-electron chi connectivity index (χ1n) is 5.46. The number of nitrogens with two attached hydrogens (primary N) is 1. The van der Waals surface area contributed by atoms with Gasteiger partial charge in [-0.3, -0.25) is 0 Å². The first-order chi connectivity index (χ1) is 8.13. The molecule has 0 amide bonds. The lowest BCUT2D eigenvalue weighted by Gasteiger charge is -2.23. The Balaban J connectivity index is 2.81. The van der Waals surface area contributed by atoms with Crippen LogP contribution in [-0.2, 0) is 0 Å². The highest BCUT2D eigenvalue weighted by atomic mass is 32.2. The molecule has 0 fully saturated rings. The minimum atomic E-state index is 0.129. The quantitative estimate of drug-likeness (QED) is 0.677. The zero-order valence-electron chi connectivity index (χ0n) is 10.4. The molecule has 96 valence electrons. The summed E-state index contributed by atoms with van der Waals surface area (Å²) in [6.45, 7) is 2.16. The van der Waals surface area contributed by atoms with Gasteiger partial charge >= 0.3 is 0 Å². The normalized spacial score (nSPS) is 14.1. The first-order valence-corrected chi connectivity index (χ1v) is 6.75. The molecule has 1 rings (SSSR count). The molecule has 0 radical (unpaired) electrons. The maximum absolute atomic E-state index is 9.23. The molecule has 0 saturated carbocycles. The summed E-state index contributed by atoms with van der Waals surface area (Å²) in [5.41, 5.74) is 7.40. The Labute approximate surface area is 107 Å². The van der Waals surface area contributed by atoms with Crippen molar-refractivity contribution in [2.24, 2.45) is 0 Å². The summed E-state index contributed by atoms with van der Waals surface area (Å²) < 4.78 is 5.16. The number of nitrogen functional groups attached to an aromatic ring is 1. The largest absolute Gasteiger partial charge is 0.495 e. The van der Waals surface area contributed by atoms with Gasteiger partial charge in [0.2, 0.25) is 0 Å². The number of hydrogen-bond donors (Lipinski definition) is 3. The maximum atomic E-state index is 9.23. The summed E-state index contributed by atoms with van der Waals surface area (Å²) in [6.07, 6.45) is 1.98. The standard InChI is InChI=1S/C12H20N2O2S/c1-8(11(7-15)17-3)14-9-5-4-6-10(16-2)12(9)13/h4-6,8,11,14-15H,7,13H2,1-3H3. The molecule has 17 heavy (non-hydrogen) atoms. The smallest absolute Gasteiger partial charge is 0.143 e. The molecule has 1 aromatic rings. The van der Waals surface area contributed by atoms with Crippen LogP contribution in [0.3, 0.4) is 0 Å². The molecule has 0 bridgehead atoms. The maximum Gasteiger partial charge on any atom is 0.143 e. The number of nitrogens with one attached hydrogen (secondary N) is 1. The molecule has 0 spiro atoms. The average molecular weight is 256 g/mol. The summed E-state index contributed by atoms with van der Waals surface area (Å²) >= 11 is 1.63. The highest BCUT2D eigenvalue weighted by Crippen LogP contribution is 2.30. The Morgan fingerprint density at radius 3 is 2.76 bits per heavy atom. The monoisotopic (exact) mass is 256 g/mol. The number of ether oxygens (including phenoxy) is 1.